The van der Waals surface area contributed by atoms with Gasteiger partial charge in [-0.25, -0.2) is 4.79 Å². The molecule has 0 spiro atoms. The van der Waals surface area contributed by atoms with E-state index >= 15 is 0 Å². The summed E-state index contributed by atoms with van der Waals surface area (Å²) in [5.74, 6) is -0.454. The van der Waals surface area contributed by atoms with Gasteiger partial charge in [0.15, 0.2) is 0 Å². The van der Waals surface area contributed by atoms with Crippen molar-refractivity contribution in [3.05, 3.63) is 0 Å². The fourth-order valence-corrected chi connectivity index (χ4v) is 3.39. The van der Waals surface area contributed by atoms with E-state index in [1.165, 1.54) is 11.3 Å². The van der Waals surface area contributed by atoms with Crippen molar-refractivity contribution in [3.63, 3.8) is 0 Å². The fourth-order valence-electron chi connectivity index (χ4n) is 3.39. The SMILES string of the molecule is CC(C)(C)OC(=O)N1CCC[C@H]1C(=O)NCC(=O)NC1CCCCC1. The monoisotopic (exact) mass is 353 g/mol. The summed E-state index contributed by atoms with van der Waals surface area (Å²) in [6, 6.07) is -0.333. The number of amides is 3. The van der Waals surface area contributed by atoms with Crippen LogP contribution in [0.4, 0.5) is 4.79 Å². The van der Waals surface area contributed by atoms with Gasteiger partial charge in [-0.15, -0.1) is 0 Å². The Morgan fingerprint density at radius 1 is 1.04 bits per heavy atom. The van der Waals surface area contributed by atoms with E-state index in [1.54, 1.807) is 20.8 Å². The second-order valence-electron chi connectivity index (χ2n) is 7.95. The molecule has 2 aliphatic rings. The number of rotatable bonds is 4. The highest BCUT2D eigenvalue weighted by Crippen LogP contribution is 2.21. The maximum atomic E-state index is 12.4. The van der Waals surface area contributed by atoms with Gasteiger partial charge in [0.2, 0.25) is 11.8 Å². The van der Waals surface area contributed by atoms with Crippen LogP contribution in [-0.4, -0.2) is 53.6 Å². The topological polar surface area (TPSA) is 87.7 Å². The lowest BCUT2D eigenvalue weighted by atomic mass is 9.95. The van der Waals surface area contributed by atoms with Crippen molar-refractivity contribution in [2.75, 3.05) is 13.1 Å². The molecule has 2 rings (SSSR count). The van der Waals surface area contributed by atoms with Crippen LogP contribution in [0.5, 0.6) is 0 Å². The standard InChI is InChI=1S/C18H31N3O4/c1-18(2,3)25-17(24)21-11-7-10-14(21)16(23)19-12-15(22)20-13-8-5-4-6-9-13/h13-14H,4-12H2,1-3H3,(H,19,23)(H,20,22)/t14-/m0/s1. The van der Waals surface area contributed by atoms with Crippen LogP contribution < -0.4 is 10.6 Å². The second kappa shape index (κ2) is 8.54. The van der Waals surface area contributed by atoms with Gasteiger partial charge in [0.05, 0.1) is 6.54 Å². The lowest BCUT2D eigenvalue weighted by Crippen LogP contribution is -2.50. The van der Waals surface area contributed by atoms with Gasteiger partial charge in [-0.05, 0) is 46.5 Å². The lowest BCUT2D eigenvalue weighted by molar-refractivity contribution is -0.129. The van der Waals surface area contributed by atoms with Crippen molar-refractivity contribution in [1.29, 1.82) is 0 Å². The molecule has 1 aliphatic heterocycles. The predicted molar refractivity (Wildman–Crippen MR) is 94.0 cm³/mol. The molecule has 0 aromatic carbocycles. The number of hydrogen-bond acceptors (Lipinski definition) is 4. The first-order valence-corrected chi connectivity index (χ1v) is 9.33. The van der Waals surface area contributed by atoms with E-state index in [2.05, 4.69) is 10.6 Å². The van der Waals surface area contributed by atoms with Crippen LogP contribution in [0.1, 0.15) is 65.7 Å². The molecule has 0 aromatic rings. The van der Waals surface area contributed by atoms with Crippen molar-refractivity contribution in [2.45, 2.75) is 83.4 Å². The lowest BCUT2D eigenvalue weighted by Gasteiger charge is -2.28. The quantitative estimate of drug-likeness (QED) is 0.809. The van der Waals surface area contributed by atoms with Crippen molar-refractivity contribution >= 4 is 17.9 Å². The van der Waals surface area contributed by atoms with E-state index in [-0.39, 0.29) is 24.4 Å². The van der Waals surface area contributed by atoms with Crippen molar-refractivity contribution in [2.24, 2.45) is 0 Å². The summed E-state index contributed by atoms with van der Waals surface area (Å²) in [5.41, 5.74) is -0.597. The number of carbonyl (C=O) groups is 3. The molecular formula is C18H31N3O4. The molecule has 7 heteroatoms. The van der Waals surface area contributed by atoms with Crippen molar-refractivity contribution in [3.8, 4) is 0 Å². The van der Waals surface area contributed by atoms with Gasteiger partial charge >= 0.3 is 6.09 Å². The zero-order valence-corrected chi connectivity index (χ0v) is 15.6. The molecule has 1 aliphatic carbocycles. The highest BCUT2D eigenvalue weighted by atomic mass is 16.6. The highest BCUT2D eigenvalue weighted by Gasteiger charge is 2.36. The molecule has 1 atom stereocenters. The Labute approximate surface area is 149 Å². The summed E-state index contributed by atoms with van der Waals surface area (Å²) in [7, 11) is 0. The zero-order chi connectivity index (χ0) is 18.4. The zero-order valence-electron chi connectivity index (χ0n) is 15.6. The Morgan fingerprint density at radius 3 is 2.36 bits per heavy atom. The Kier molecular flexibility index (Phi) is 6.67. The number of hydrogen-bond donors (Lipinski definition) is 2. The molecule has 7 nitrogen and oxygen atoms in total. The third-order valence-electron chi connectivity index (χ3n) is 4.58. The van der Waals surface area contributed by atoms with E-state index < -0.39 is 17.7 Å². The van der Waals surface area contributed by atoms with Crippen LogP contribution in [0, 0.1) is 0 Å². The predicted octanol–water partition coefficient (Wildman–Crippen LogP) is 1.95. The number of ether oxygens (including phenoxy) is 1. The summed E-state index contributed by atoms with van der Waals surface area (Å²) < 4.78 is 5.36. The van der Waals surface area contributed by atoms with Crippen molar-refractivity contribution < 1.29 is 19.1 Å². The van der Waals surface area contributed by atoms with Crippen LogP contribution in [0.3, 0.4) is 0 Å². The Hall–Kier alpha value is -1.79. The van der Waals surface area contributed by atoms with Crippen molar-refractivity contribution in [1.82, 2.24) is 15.5 Å². The number of nitrogens with zero attached hydrogens (tertiary/aromatic N) is 1. The Bertz CT molecular complexity index is 495. The second-order valence-corrected chi connectivity index (χ2v) is 7.95. The first-order valence-electron chi connectivity index (χ1n) is 9.33. The average Bonchev–Trinajstić information content (AvgIpc) is 3.02. The number of likely N-dealkylation sites (tertiary alicyclic amines) is 1. The van der Waals surface area contributed by atoms with Gasteiger partial charge in [0.1, 0.15) is 11.6 Å². The van der Waals surface area contributed by atoms with E-state index in [1.807, 2.05) is 0 Å². The van der Waals surface area contributed by atoms with Gasteiger partial charge in [-0.2, -0.15) is 0 Å². The molecule has 1 heterocycles. The first kappa shape index (κ1) is 19.5. The Balaban J connectivity index is 1.78. The molecule has 0 bridgehead atoms. The minimum Gasteiger partial charge on any atom is -0.444 e. The molecule has 2 N–H and O–H groups in total. The van der Waals surface area contributed by atoms with Crippen LogP contribution in [0.25, 0.3) is 0 Å². The average molecular weight is 353 g/mol. The summed E-state index contributed by atoms with van der Waals surface area (Å²) in [5, 5.41) is 5.63. The number of nitrogens with one attached hydrogen (secondary N) is 2. The van der Waals surface area contributed by atoms with Crippen LogP contribution in [0.2, 0.25) is 0 Å². The van der Waals surface area contributed by atoms with Crippen LogP contribution in [0.15, 0.2) is 0 Å². The molecule has 0 unspecified atom stereocenters. The van der Waals surface area contributed by atoms with E-state index in [9.17, 15) is 14.4 Å². The molecule has 1 saturated heterocycles. The molecular weight excluding hydrogens is 322 g/mol. The van der Waals surface area contributed by atoms with E-state index in [0.29, 0.717) is 13.0 Å². The highest BCUT2D eigenvalue weighted by molar-refractivity contribution is 5.89. The normalized spacial score (nSPS) is 21.7. The van der Waals surface area contributed by atoms with E-state index in [4.69, 9.17) is 4.74 Å². The molecule has 25 heavy (non-hydrogen) atoms. The minimum absolute atomic E-state index is 0.0476. The first-order chi connectivity index (χ1) is 11.8. The van der Waals surface area contributed by atoms with Gasteiger partial charge in [-0.1, -0.05) is 19.3 Å². The molecule has 3 amide bonds. The maximum Gasteiger partial charge on any atom is 0.410 e. The fraction of sp³-hybridized carbons (Fsp3) is 0.833. The van der Waals surface area contributed by atoms with Crippen LogP contribution >= 0.6 is 0 Å². The minimum atomic E-state index is -0.597. The van der Waals surface area contributed by atoms with Gasteiger partial charge in [0.25, 0.3) is 0 Å². The van der Waals surface area contributed by atoms with Gasteiger partial charge < -0.3 is 15.4 Å². The summed E-state index contributed by atoms with van der Waals surface area (Å²) >= 11 is 0. The van der Waals surface area contributed by atoms with Crippen LogP contribution in [-0.2, 0) is 14.3 Å². The van der Waals surface area contributed by atoms with E-state index in [0.717, 1.165) is 32.1 Å². The molecule has 2 fully saturated rings. The third kappa shape index (κ3) is 6.21. The van der Waals surface area contributed by atoms with Gasteiger partial charge in [-0.3, -0.25) is 14.5 Å². The molecule has 0 radical (unpaired) electrons. The summed E-state index contributed by atoms with van der Waals surface area (Å²) in [6.45, 7) is 5.85. The maximum absolute atomic E-state index is 12.4. The Morgan fingerprint density at radius 2 is 1.72 bits per heavy atom. The molecule has 142 valence electrons. The third-order valence-corrected chi connectivity index (χ3v) is 4.58. The smallest absolute Gasteiger partial charge is 0.410 e. The summed E-state index contributed by atoms with van der Waals surface area (Å²) in [6.07, 6.45) is 6.40. The molecule has 0 aromatic heterocycles. The molecule has 1 saturated carbocycles. The largest absolute Gasteiger partial charge is 0.444 e. The van der Waals surface area contributed by atoms with Gasteiger partial charge in [0, 0.05) is 12.6 Å². The summed E-state index contributed by atoms with van der Waals surface area (Å²) in [4.78, 5) is 38.1. The number of carbonyl (C=O) groups excluding carboxylic acids is 3.